The number of carbonyl (C=O) groups is 1. The normalized spacial score (nSPS) is 11.5. The number of aromatic nitrogens is 3. The summed E-state index contributed by atoms with van der Waals surface area (Å²) < 4.78 is 1.75. The van der Waals surface area contributed by atoms with Crippen LogP contribution in [0.25, 0.3) is 17.0 Å². The Bertz CT molecular complexity index is 905. The summed E-state index contributed by atoms with van der Waals surface area (Å²) in [5.41, 5.74) is 2.93. The van der Waals surface area contributed by atoms with Crippen molar-refractivity contribution in [3.05, 3.63) is 66.1 Å². The number of rotatable bonds is 5. The van der Waals surface area contributed by atoms with Crippen LogP contribution in [0.3, 0.4) is 0 Å². The van der Waals surface area contributed by atoms with Gasteiger partial charge in [-0.15, -0.1) is 0 Å². The molecule has 128 valence electrons. The maximum atomic E-state index is 12.7. The van der Waals surface area contributed by atoms with E-state index in [4.69, 9.17) is 0 Å². The van der Waals surface area contributed by atoms with Crippen molar-refractivity contribution in [1.82, 2.24) is 19.7 Å². The Morgan fingerprint density at radius 3 is 2.80 bits per heavy atom. The van der Waals surface area contributed by atoms with Gasteiger partial charge < -0.3 is 4.90 Å². The molecule has 0 atom stereocenters. The monoisotopic (exact) mass is 334 g/mol. The molecule has 0 fully saturated rings. The highest BCUT2D eigenvalue weighted by Crippen LogP contribution is 2.18. The Balaban J connectivity index is 1.81. The van der Waals surface area contributed by atoms with Crippen LogP contribution in [-0.4, -0.2) is 31.6 Å². The molecule has 0 bridgehead atoms. The van der Waals surface area contributed by atoms with Crippen molar-refractivity contribution in [3.63, 3.8) is 0 Å². The van der Waals surface area contributed by atoms with Crippen molar-refractivity contribution in [2.24, 2.45) is 7.05 Å². The summed E-state index contributed by atoms with van der Waals surface area (Å²) in [7, 11) is 1.87. The van der Waals surface area contributed by atoms with Crippen molar-refractivity contribution in [1.29, 1.82) is 0 Å². The van der Waals surface area contributed by atoms with Crippen LogP contribution in [0.4, 0.5) is 0 Å². The Morgan fingerprint density at radius 2 is 2.08 bits per heavy atom. The van der Waals surface area contributed by atoms with Gasteiger partial charge in [-0.3, -0.25) is 14.5 Å². The minimum atomic E-state index is -0.0141. The molecule has 0 N–H and O–H groups in total. The van der Waals surface area contributed by atoms with Crippen LogP contribution in [0, 0.1) is 0 Å². The molecule has 0 aliphatic rings. The van der Waals surface area contributed by atoms with Crippen molar-refractivity contribution >= 4 is 22.9 Å². The fourth-order valence-electron chi connectivity index (χ4n) is 2.79. The van der Waals surface area contributed by atoms with Crippen molar-refractivity contribution < 1.29 is 4.79 Å². The van der Waals surface area contributed by atoms with Gasteiger partial charge in [-0.2, -0.15) is 5.10 Å². The van der Waals surface area contributed by atoms with Gasteiger partial charge in [-0.05, 0) is 37.6 Å². The average Bonchev–Trinajstić information content (AvgIpc) is 3.02. The summed E-state index contributed by atoms with van der Waals surface area (Å²) in [4.78, 5) is 18.9. The molecule has 2 heterocycles. The maximum absolute atomic E-state index is 12.7. The predicted molar refractivity (Wildman–Crippen MR) is 99.7 cm³/mol. The van der Waals surface area contributed by atoms with E-state index in [0.717, 1.165) is 22.0 Å². The molecule has 0 saturated heterocycles. The maximum Gasteiger partial charge on any atom is 0.247 e. The van der Waals surface area contributed by atoms with Crippen molar-refractivity contribution in [2.45, 2.75) is 26.4 Å². The van der Waals surface area contributed by atoms with Crippen LogP contribution in [0.5, 0.6) is 0 Å². The Kier molecular flexibility index (Phi) is 4.93. The topological polar surface area (TPSA) is 51.0 Å². The van der Waals surface area contributed by atoms with Gasteiger partial charge in [-0.25, -0.2) is 0 Å². The molecule has 0 radical (unpaired) electrons. The summed E-state index contributed by atoms with van der Waals surface area (Å²) >= 11 is 0. The van der Waals surface area contributed by atoms with Crippen LogP contribution < -0.4 is 0 Å². The lowest BCUT2D eigenvalue weighted by molar-refractivity contribution is -0.128. The minimum absolute atomic E-state index is 0.0141. The molecule has 5 nitrogen and oxygen atoms in total. The number of pyridine rings is 1. The molecule has 0 spiro atoms. The number of carbonyl (C=O) groups excluding carboxylic acids is 1. The third-order valence-corrected chi connectivity index (χ3v) is 4.11. The number of hydrogen-bond acceptors (Lipinski definition) is 3. The van der Waals surface area contributed by atoms with Crippen LogP contribution in [0.15, 0.2) is 55.0 Å². The summed E-state index contributed by atoms with van der Waals surface area (Å²) in [6.07, 6.45) is 9.00. The van der Waals surface area contributed by atoms with E-state index in [1.54, 1.807) is 23.2 Å². The van der Waals surface area contributed by atoms with Gasteiger partial charge in [-0.1, -0.05) is 18.2 Å². The second-order valence-corrected chi connectivity index (χ2v) is 6.33. The first-order chi connectivity index (χ1) is 12.0. The number of amides is 1. The lowest BCUT2D eigenvalue weighted by Gasteiger charge is -2.25. The number of hydrogen-bond donors (Lipinski definition) is 0. The number of nitrogens with zero attached hydrogens (tertiary/aromatic N) is 4. The zero-order valence-electron chi connectivity index (χ0n) is 14.8. The Morgan fingerprint density at radius 1 is 1.28 bits per heavy atom. The first-order valence-electron chi connectivity index (χ1n) is 8.34. The van der Waals surface area contributed by atoms with Gasteiger partial charge in [0.2, 0.25) is 5.91 Å². The van der Waals surface area contributed by atoms with Gasteiger partial charge in [0.25, 0.3) is 0 Å². The van der Waals surface area contributed by atoms with Gasteiger partial charge in [0.05, 0.1) is 11.7 Å². The SMILES string of the molecule is CC(C)N(Cc1cnn(C)c1)C(=O)C=Cc1ccnc2ccccc12. The van der Waals surface area contributed by atoms with E-state index in [9.17, 15) is 4.79 Å². The summed E-state index contributed by atoms with van der Waals surface area (Å²) in [5.74, 6) is -0.0141. The van der Waals surface area contributed by atoms with E-state index in [0.29, 0.717) is 6.54 Å². The Hall–Kier alpha value is -2.95. The van der Waals surface area contributed by atoms with E-state index in [1.807, 2.05) is 68.4 Å². The summed E-state index contributed by atoms with van der Waals surface area (Å²) in [5, 5.41) is 5.21. The standard InChI is InChI=1S/C20H22N4O/c1-15(2)24(14-16-12-22-23(3)13-16)20(25)9-8-17-10-11-21-19-7-5-4-6-18(17)19/h4-13,15H,14H2,1-3H3. The number of fused-ring (bicyclic) bond motifs is 1. The number of benzene rings is 1. The highest BCUT2D eigenvalue weighted by atomic mass is 16.2. The first-order valence-corrected chi connectivity index (χ1v) is 8.34. The zero-order valence-corrected chi connectivity index (χ0v) is 14.8. The van der Waals surface area contributed by atoms with Gasteiger partial charge in [0.1, 0.15) is 0 Å². The van der Waals surface area contributed by atoms with E-state index in [2.05, 4.69) is 10.1 Å². The highest BCUT2D eigenvalue weighted by molar-refractivity contribution is 5.95. The minimum Gasteiger partial charge on any atom is -0.332 e. The molecular weight excluding hydrogens is 312 g/mol. The zero-order chi connectivity index (χ0) is 17.8. The molecule has 5 heteroatoms. The van der Waals surface area contributed by atoms with Gasteiger partial charge in [0.15, 0.2) is 0 Å². The highest BCUT2D eigenvalue weighted by Gasteiger charge is 2.15. The van der Waals surface area contributed by atoms with Crippen LogP contribution >= 0.6 is 0 Å². The molecule has 0 aliphatic heterocycles. The smallest absolute Gasteiger partial charge is 0.247 e. The summed E-state index contributed by atoms with van der Waals surface area (Å²) in [6.45, 7) is 4.58. The van der Waals surface area contributed by atoms with E-state index >= 15 is 0 Å². The second kappa shape index (κ2) is 7.30. The lowest BCUT2D eigenvalue weighted by Crippen LogP contribution is -2.35. The van der Waals surface area contributed by atoms with E-state index in [1.165, 1.54) is 0 Å². The average molecular weight is 334 g/mol. The van der Waals surface area contributed by atoms with Gasteiger partial charge in [0, 0.05) is 49.1 Å². The molecule has 0 unspecified atom stereocenters. The molecular formula is C20H22N4O. The molecule has 1 aromatic carbocycles. The fourth-order valence-corrected chi connectivity index (χ4v) is 2.79. The van der Waals surface area contributed by atoms with Crippen LogP contribution in [0.1, 0.15) is 25.0 Å². The Labute approximate surface area is 147 Å². The molecule has 0 aliphatic carbocycles. The number of aryl methyl sites for hydroxylation is 1. The number of para-hydroxylation sites is 1. The third-order valence-electron chi connectivity index (χ3n) is 4.11. The van der Waals surface area contributed by atoms with E-state index in [-0.39, 0.29) is 11.9 Å². The molecule has 3 rings (SSSR count). The molecule has 0 saturated carbocycles. The molecule has 3 aromatic rings. The second-order valence-electron chi connectivity index (χ2n) is 6.33. The fraction of sp³-hybridized carbons (Fsp3) is 0.250. The van der Waals surface area contributed by atoms with E-state index < -0.39 is 0 Å². The van der Waals surface area contributed by atoms with Crippen molar-refractivity contribution in [3.8, 4) is 0 Å². The third kappa shape index (κ3) is 3.94. The van der Waals surface area contributed by atoms with Gasteiger partial charge >= 0.3 is 0 Å². The van der Waals surface area contributed by atoms with Crippen LogP contribution in [-0.2, 0) is 18.4 Å². The predicted octanol–water partition coefficient (Wildman–Crippen LogP) is 3.42. The lowest BCUT2D eigenvalue weighted by atomic mass is 10.1. The first kappa shape index (κ1) is 16.9. The molecule has 25 heavy (non-hydrogen) atoms. The van der Waals surface area contributed by atoms with Crippen LogP contribution in [0.2, 0.25) is 0 Å². The van der Waals surface area contributed by atoms with Crippen molar-refractivity contribution in [2.75, 3.05) is 0 Å². The quantitative estimate of drug-likeness (QED) is 0.672. The molecule has 2 aromatic heterocycles. The largest absolute Gasteiger partial charge is 0.332 e. The summed E-state index contributed by atoms with van der Waals surface area (Å²) in [6, 6.07) is 9.95. The molecule has 1 amide bonds.